The second kappa shape index (κ2) is 12.0. The van der Waals surface area contributed by atoms with Crippen LogP contribution in [0.2, 0.25) is 10.0 Å². The van der Waals surface area contributed by atoms with Gasteiger partial charge in [0.05, 0.1) is 5.69 Å². The highest BCUT2D eigenvalue weighted by atomic mass is 35.5. The standard InChI is InChI=1S/C31H33Cl2N3O3/c1-20(30(38)34-24-10-3-2-4-11-24)36(19-22-15-16-23(32)18-26(22)33)28(37)14-7-17-35-27-13-6-9-21-8-5-12-25(29(21)27)31(35)39/h5-6,8-9,12-13,15-16,18,20,24H,2-4,7,10-11,14,17,19H2,1H3,(H,34,38). The van der Waals surface area contributed by atoms with Gasteiger partial charge in [-0.25, -0.2) is 0 Å². The van der Waals surface area contributed by atoms with Gasteiger partial charge in [-0.2, -0.15) is 0 Å². The van der Waals surface area contributed by atoms with Gasteiger partial charge in [0.25, 0.3) is 5.91 Å². The quantitative estimate of drug-likeness (QED) is 0.312. The van der Waals surface area contributed by atoms with Gasteiger partial charge >= 0.3 is 0 Å². The van der Waals surface area contributed by atoms with E-state index in [9.17, 15) is 14.4 Å². The largest absolute Gasteiger partial charge is 0.352 e. The minimum atomic E-state index is -0.669. The average molecular weight is 567 g/mol. The third kappa shape index (κ3) is 5.92. The second-order valence-electron chi connectivity index (χ2n) is 10.5. The van der Waals surface area contributed by atoms with Crippen molar-refractivity contribution in [2.45, 2.75) is 70.5 Å². The zero-order chi connectivity index (χ0) is 27.5. The summed E-state index contributed by atoms with van der Waals surface area (Å²) in [5, 5.41) is 6.10. The smallest absolute Gasteiger partial charge is 0.258 e. The Morgan fingerprint density at radius 2 is 1.79 bits per heavy atom. The van der Waals surface area contributed by atoms with Gasteiger partial charge in [-0.1, -0.05) is 72.8 Å². The minimum absolute atomic E-state index is 0.0423. The maximum absolute atomic E-state index is 13.6. The van der Waals surface area contributed by atoms with Crippen LogP contribution in [0.3, 0.4) is 0 Å². The molecule has 39 heavy (non-hydrogen) atoms. The highest BCUT2D eigenvalue weighted by Gasteiger charge is 2.31. The Kier molecular flexibility index (Phi) is 8.43. The minimum Gasteiger partial charge on any atom is -0.352 e. The molecule has 204 valence electrons. The maximum Gasteiger partial charge on any atom is 0.258 e. The summed E-state index contributed by atoms with van der Waals surface area (Å²) < 4.78 is 0. The van der Waals surface area contributed by atoms with Crippen molar-refractivity contribution in [2.75, 3.05) is 11.4 Å². The first-order valence-electron chi connectivity index (χ1n) is 13.7. The van der Waals surface area contributed by atoms with E-state index < -0.39 is 6.04 Å². The van der Waals surface area contributed by atoms with E-state index in [1.165, 1.54) is 6.42 Å². The molecular formula is C31H33Cl2N3O3. The first-order chi connectivity index (χ1) is 18.8. The fraction of sp³-hybridized carbons (Fsp3) is 0.387. The van der Waals surface area contributed by atoms with E-state index in [0.717, 1.165) is 47.7 Å². The molecular weight excluding hydrogens is 533 g/mol. The summed E-state index contributed by atoms with van der Waals surface area (Å²) in [6.45, 7) is 2.37. The highest BCUT2D eigenvalue weighted by Crippen LogP contribution is 2.37. The van der Waals surface area contributed by atoms with Crippen molar-refractivity contribution in [1.29, 1.82) is 0 Å². The van der Waals surface area contributed by atoms with Gasteiger partial charge in [0.15, 0.2) is 0 Å². The number of amides is 3. The molecule has 1 unspecified atom stereocenters. The van der Waals surface area contributed by atoms with Crippen molar-refractivity contribution in [3.05, 3.63) is 75.8 Å². The number of hydrogen-bond donors (Lipinski definition) is 1. The first kappa shape index (κ1) is 27.5. The van der Waals surface area contributed by atoms with Crippen LogP contribution in [-0.2, 0) is 16.1 Å². The van der Waals surface area contributed by atoms with Gasteiger partial charge in [-0.15, -0.1) is 0 Å². The Morgan fingerprint density at radius 3 is 2.54 bits per heavy atom. The maximum atomic E-state index is 13.6. The van der Waals surface area contributed by atoms with Crippen molar-refractivity contribution in [1.82, 2.24) is 10.2 Å². The number of nitrogens with zero attached hydrogens (tertiary/aromatic N) is 2. The third-order valence-corrected chi connectivity index (χ3v) is 8.48. The van der Waals surface area contributed by atoms with Crippen LogP contribution in [0.1, 0.15) is 67.8 Å². The molecule has 1 N–H and O–H groups in total. The van der Waals surface area contributed by atoms with Crippen molar-refractivity contribution in [2.24, 2.45) is 0 Å². The molecule has 0 aromatic heterocycles. The van der Waals surface area contributed by atoms with Gasteiger partial charge in [0, 0.05) is 46.5 Å². The normalized spacial score (nSPS) is 16.0. The number of nitrogens with one attached hydrogen (secondary N) is 1. The summed E-state index contributed by atoms with van der Waals surface area (Å²) in [5.41, 5.74) is 2.30. The zero-order valence-corrected chi connectivity index (χ0v) is 23.6. The van der Waals surface area contributed by atoms with Crippen molar-refractivity contribution >= 4 is 57.4 Å². The number of benzene rings is 3. The lowest BCUT2D eigenvalue weighted by molar-refractivity contribution is -0.141. The highest BCUT2D eigenvalue weighted by molar-refractivity contribution is 6.35. The lowest BCUT2D eigenvalue weighted by atomic mass is 9.95. The van der Waals surface area contributed by atoms with E-state index in [-0.39, 0.29) is 36.7 Å². The van der Waals surface area contributed by atoms with Crippen LogP contribution in [-0.4, -0.2) is 41.2 Å². The Hall–Kier alpha value is -3.09. The molecule has 6 nitrogen and oxygen atoms in total. The lowest BCUT2D eigenvalue weighted by Gasteiger charge is -2.31. The molecule has 1 saturated carbocycles. The molecule has 0 spiro atoms. The summed E-state index contributed by atoms with van der Waals surface area (Å²) >= 11 is 12.5. The van der Waals surface area contributed by atoms with Crippen LogP contribution in [0.15, 0.2) is 54.6 Å². The van der Waals surface area contributed by atoms with Crippen LogP contribution in [0.5, 0.6) is 0 Å². The topological polar surface area (TPSA) is 69.7 Å². The number of halogens is 2. The average Bonchev–Trinajstić information content (AvgIpc) is 3.21. The fourth-order valence-electron chi connectivity index (χ4n) is 5.72. The van der Waals surface area contributed by atoms with Gasteiger partial charge < -0.3 is 15.1 Å². The predicted octanol–water partition coefficient (Wildman–Crippen LogP) is 6.75. The SMILES string of the molecule is CC(C(=O)NC1CCCCC1)N(Cc1ccc(Cl)cc1Cl)C(=O)CCCN1C(=O)c2cccc3cccc1c23. The fourth-order valence-corrected chi connectivity index (χ4v) is 6.19. The van der Waals surface area contributed by atoms with Crippen LogP contribution in [0.25, 0.3) is 10.8 Å². The van der Waals surface area contributed by atoms with Crippen LogP contribution >= 0.6 is 23.2 Å². The molecule has 8 heteroatoms. The predicted molar refractivity (Wildman–Crippen MR) is 156 cm³/mol. The number of hydrogen-bond acceptors (Lipinski definition) is 3. The molecule has 1 aliphatic heterocycles. The van der Waals surface area contributed by atoms with E-state index in [2.05, 4.69) is 5.32 Å². The number of anilines is 1. The van der Waals surface area contributed by atoms with Crippen molar-refractivity contribution in [3.8, 4) is 0 Å². The first-order valence-corrected chi connectivity index (χ1v) is 14.5. The Labute approximate surface area is 239 Å². The monoisotopic (exact) mass is 565 g/mol. The zero-order valence-electron chi connectivity index (χ0n) is 22.1. The Bertz CT molecular complexity index is 1400. The van der Waals surface area contributed by atoms with Gasteiger partial charge in [-0.05, 0) is 61.4 Å². The number of carbonyl (C=O) groups excluding carboxylic acids is 3. The summed E-state index contributed by atoms with van der Waals surface area (Å²) in [4.78, 5) is 43.3. The molecule has 0 saturated heterocycles. The third-order valence-electron chi connectivity index (χ3n) is 7.90. The van der Waals surface area contributed by atoms with Gasteiger partial charge in [0.1, 0.15) is 6.04 Å². The van der Waals surface area contributed by atoms with Crippen LogP contribution in [0, 0.1) is 0 Å². The number of rotatable bonds is 9. The molecule has 3 aromatic carbocycles. The molecule has 5 rings (SSSR count). The summed E-state index contributed by atoms with van der Waals surface area (Å²) in [6, 6.07) is 16.3. The van der Waals surface area contributed by atoms with E-state index in [4.69, 9.17) is 23.2 Å². The Morgan fingerprint density at radius 1 is 1.05 bits per heavy atom. The lowest BCUT2D eigenvalue weighted by Crippen LogP contribution is -2.50. The molecule has 2 aliphatic rings. The van der Waals surface area contributed by atoms with E-state index in [1.54, 1.807) is 34.9 Å². The van der Waals surface area contributed by atoms with Crippen LogP contribution < -0.4 is 10.2 Å². The van der Waals surface area contributed by atoms with E-state index >= 15 is 0 Å². The Balaban J connectivity index is 1.28. The molecule has 3 aromatic rings. The van der Waals surface area contributed by atoms with Gasteiger partial charge in [-0.3, -0.25) is 14.4 Å². The molecule has 1 atom stereocenters. The number of carbonyl (C=O) groups is 3. The molecule has 1 fully saturated rings. The molecule has 1 aliphatic carbocycles. The summed E-state index contributed by atoms with van der Waals surface area (Å²) in [6.07, 6.45) is 6.01. The van der Waals surface area contributed by atoms with Gasteiger partial charge in [0.2, 0.25) is 11.8 Å². The van der Waals surface area contributed by atoms with Crippen molar-refractivity contribution in [3.63, 3.8) is 0 Å². The van der Waals surface area contributed by atoms with Crippen LogP contribution in [0.4, 0.5) is 5.69 Å². The summed E-state index contributed by atoms with van der Waals surface area (Å²) in [5.74, 6) is -0.355. The molecule has 0 radical (unpaired) electrons. The van der Waals surface area contributed by atoms with Crippen molar-refractivity contribution < 1.29 is 14.4 Å². The second-order valence-corrected chi connectivity index (χ2v) is 11.4. The van der Waals surface area contributed by atoms with E-state index in [1.807, 2.05) is 36.4 Å². The van der Waals surface area contributed by atoms with E-state index in [0.29, 0.717) is 28.6 Å². The molecule has 3 amide bonds. The summed E-state index contributed by atoms with van der Waals surface area (Å²) in [7, 11) is 0. The molecule has 1 heterocycles. The molecule has 0 bridgehead atoms.